The first-order valence-electron chi connectivity index (χ1n) is 9.68. The summed E-state index contributed by atoms with van der Waals surface area (Å²) in [5.74, 6) is 0.484. The van der Waals surface area contributed by atoms with E-state index >= 15 is 0 Å². The van der Waals surface area contributed by atoms with Crippen LogP contribution in [0.25, 0.3) is 27.9 Å². The molecule has 1 amide bonds. The summed E-state index contributed by atoms with van der Waals surface area (Å²) in [4.78, 5) is 35.3. The van der Waals surface area contributed by atoms with E-state index in [0.29, 0.717) is 27.7 Å². The summed E-state index contributed by atoms with van der Waals surface area (Å²) in [6.07, 6.45) is 1.85. The minimum absolute atomic E-state index is 0.0171. The highest BCUT2D eigenvalue weighted by atomic mass is 32.2. The van der Waals surface area contributed by atoms with Crippen molar-refractivity contribution in [3.63, 3.8) is 0 Å². The second kappa shape index (κ2) is 8.16. The molecule has 0 aliphatic heterocycles. The van der Waals surface area contributed by atoms with Crippen LogP contribution in [0.1, 0.15) is 0 Å². The van der Waals surface area contributed by atoms with Crippen molar-refractivity contribution in [2.75, 3.05) is 11.1 Å². The lowest BCUT2D eigenvalue weighted by atomic mass is 10.1. The molecule has 0 unspecified atom stereocenters. The number of carbonyl (C=O) groups excluding carboxylic acids is 1. The Morgan fingerprint density at radius 3 is 2.72 bits per heavy atom. The predicted molar refractivity (Wildman–Crippen MR) is 123 cm³/mol. The quantitative estimate of drug-likeness (QED) is 0.226. The smallest absolute Gasteiger partial charge is 0.271 e. The number of benzene rings is 2. The zero-order chi connectivity index (χ0) is 22.1. The van der Waals surface area contributed by atoms with Gasteiger partial charge in [0.25, 0.3) is 5.69 Å². The van der Waals surface area contributed by atoms with Crippen molar-refractivity contribution in [2.24, 2.45) is 0 Å². The van der Waals surface area contributed by atoms with Gasteiger partial charge in [-0.2, -0.15) is 0 Å². The molecule has 2 aromatic carbocycles. The second-order valence-corrected chi connectivity index (χ2v) is 7.91. The number of nitrogens with one attached hydrogen (secondary N) is 2. The van der Waals surface area contributed by atoms with Crippen LogP contribution < -0.4 is 5.32 Å². The molecule has 2 N–H and O–H groups in total. The maximum absolute atomic E-state index is 12.8. The Bertz CT molecular complexity index is 1460. The summed E-state index contributed by atoms with van der Waals surface area (Å²) in [6, 6.07) is 19.7. The van der Waals surface area contributed by atoms with E-state index in [1.165, 1.54) is 23.9 Å². The van der Waals surface area contributed by atoms with E-state index in [4.69, 9.17) is 0 Å². The first kappa shape index (κ1) is 19.8. The van der Waals surface area contributed by atoms with Gasteiger partial charge in [-0.05, 0) is 18.2 Å². The van der Waals surface area contributed by atoms with E-state index in [9.17, 15) is 14.9 Å². The van der Waals surface area contributed by atoms with Crippen molar-refractivity contribution in [1.29, 1.82) is 0 Å². The maximum atomic E-state index is 12.8. The van der Waals surface area contributed by atoms with Crippen molar-refractivity contribution < 1.29 is 9.72 Å². The van der Waals surface area contributed by atoms with Crippen molar-refractivity contribution >= 4 is 45.9 Å². The van der Waals surface area contributed by atoms with Crippen LogP contribution in [0.3, 0.4) is 0 Å². The van der Waals surface area contributed by atoms with E-state index in [2.05, 4.69) is 20.3 Å². The molecule has 0 bridgehead atoms. The molecule has 0 atom stereocenters. The summed E-state index contributed by atoms with van der Waals surface area (Å²) >= 11 is 1.22. The molecule has 0 aliphatic rings. The van der Waals surface area contributed by atoms with Crippen LogP contribution >= 0.6 is 11.8 Å². The molecule has 9 nitrogen and oxygen atoms in total. The number of rotatable bonds is 6. The van der Waals surface area contributed by atoms with Crippen molar-refractivity contribution in [3.05, 3.63) is 83.0 Å². The van der Waals surface area contributed by atoms with Crippen LogP contribution in [-0.2, 0) is 4.79 Å². The number of amides is 1. The number of fused-ring (bicyclic) bond motifs is 2. The molecule has 0 aliphatic carbocycles. The Labute approximate surface area is 185 Å². The van der Waals surface area contributed by atoms with Gasteiger partial charge in [0.15, 0.2) is 5.16 Å². The average molecular weight is 444 g/mol. The molecule has 158 valence electrons. The second-order valence-electron chi connectivity index (χ2n) is 6.94. The highest BCUT2D eigenvalue weighted by Gasteiger charge is 2.17. The molecule has 0 spiro atoms. The Balaban J connectivity index is 1.36. The Hall–Kier alpha value is -4.18. The van der Waals surface area contributed by atoms with E-state index in [0.717, 1.165) is 11.2 Å². The Morgan fingerprint density at radius 1 is 1.09 bits per heavy atom. The van der Waals surface area contributed by atoms with Gasteiger partial charge >= 0.3 is 0 Å². The predicted octanol–water partition coefficient (Wildman–Crippen LogP) is 4.52. The minimum Gasteiger partial charge on any atom is -0.333 e. The van der Waals surface area contributed by atoms with Gasteiger partial charge < -0.3 is 10.3 Å². The minimum atomic E-state index is -0.458. The summed E-state index contributed by atoms with van der Waals surface area (Å²) in [6.45, 7) is 0. The number of nitrogens with zero attached hydrogens (tertiary/aromatic N) is 4. The number of hydrogen-bond acceptors (Lipinski definition) is 6. The standard InChI is InChI=1S/C22H16N6O3S/c29-19(13-32-22-23-16-10-9-15(28(30)31)12-17(16)24-22)26-21-20(14-6-2-1-3-7-14)25-18-8-4-5-11-27(18)21/h1-12H,13H2,(H,23,24)(H,26,29). The Kier molecular flexibility index (Phi) is 5.04. The molecule has 3 aromatic heterocycles. The molecule has 0 saturated heterocycles. The number of pyridine rings is 1. The van der Waals surface area contributed by atoms with Gasteiger partial charge in [0.1, 0.15) is 17.2 Å². The lowest BCUT2D eigenvalue weighted by Gasteiger charge is -2.07. The van der Waals surface area contributed by atoms with Crippen LogP contribution in [0.5, 0.6) is 0 Å². The number of carbonyl (C=O) groups is 1. The van der Waals surface area contributed by atoms with Crippen LogP contribution in [0.2, 0.25) is 0 Å². The first-order valence-corrected chi connectivity index (χ1v) is 10.7. The van der Waals surface area contributed by atoms with E-state index in [1.54, 1.807) is 6.07 Å². The number of aromatic amines is 1. The fourth-order valence-corrected chi connectivity index (χ4v) is 4.06. The van der Waals surface area contributed by atoms with Gasteiger partial charge in [-0.15, -0.1) is 0 Å². The topological polar surface area (TPSA) is 118 Å². The van der Waals surface area contributed by atoms with E-state index in [1.807, 2.05) is 59.1 Å². The third kappa shape index (κ3) is 3.79. The van der Waals surface area contributed by atoms with Crippen LogP contribution in [0.4, 0.5) is 11.5 Å². The molecular weight excluding hydrogens is 428 g/mol. The fourth-order valence-electron chi connectivity index (χ4n) is 3.37. The van der Waals surface area contributed by atoms with Crippen molar-refractivity contribution in [3.8, 4) is 11.3 Å². The highest BCUT2D eigenvalue weighted by Crippen LogP contribution is 2.29. The van der Waals surface area contributed by atoms with Gasteiger partial charge in [0, 0.05) is 23.9 Å². The maximum Gasteiger partial charge on any atom is 0.271 e. The fraction of sp³-hybridized carbons (Fsp3) is 0.0455. The molecular formula is C22H16N6O3S. The molecule has 5 aromatic rings. The number of nitro benzene ring substituents is 1. The van der Waals surface area contributed by atoms with Gasteiger partial charge in [-0.1, -0.05) is 48.2 Å². The molecule has 32 heavy (non-hydrogen) atoms. The summed E-state index contributed by atoms with van der Waals surface area (Å²) < 4.78 is 1.84. The van der Waals surface area contributed by atoms with Crippen molar-refractivity contribution in [1.82, 2.24) is 19.4 Å². The number of aromatic nitrogens is 4. The molecule has 5 rings (SSSR count). The van der Waals surface area contributed by atoms with Crippen LogP contribution in [0, 0.1) is 10.1 Å². The zero-order valence-electron chi connectivity index (χ0n) is 16.6. The summed E-state index contributed by atoms with van der Waals surface area (Å²) in [5, 5.41) is 14.4. The van der Waals surface area contributed by atoms with Gasteiger partial charge in [-0.25, -0.2) is 9.97 Å². The monoisotopic (exact) mass is 444 g/mol. The first-order chi connectivity index (χ1) is 15.6. The van der Waals surface area contributed by atoms with Gasteiger partial charge in [-0.3, -0.25) is 19.3 Å². The van der Waals surface area contributed by atoms with Gasteiger partial charge in [0.2, 0.25) is 5.91 Å². The number of hydrogen-bond donors (Lipinski definition) is 2. The molecule has 0 radical (unpaired) electrons. The SMILES string of the molecule is O=C(CSc1nc2ccc([N+](=O)[O-])cc2[nH]1)Nc1c(-c2ccccc2)nc2ccccn12. The molecule has 3 heterocycles. The van der Waals surface area contributed by atoms with Crippen LogP contribution in [0.15, 0.2) is 78.1 Å². The number of anilines is 1. The highest BCUT2D eigenvalue weighted by molar-refractivity contribution is 7.99. The molecule has 0 fully saturated rings. The number of nitro groups is 1. The van der Waals surface area contributed by atoms with E-state index in [-0.39, 0.29) is 17.3 Å². The molecule has 10 heteroatoms. The molecule has 0 saturated carbocycles. The normalized spacial score (nSPS) is 11.1. The lowest BCUT2D eigenvalue weighted by Crippen LogP contribution is -2.16. The van der Waals surface area contributed by atoms with Gasteiger partial charge in [0.05, 0.1) is 21.7 Å². The van der Waals surface area contributed by atoms with E-state index < -0.39 is 4.92 Å². The summed E-state index contributed by atoms with van der Waals surface area (Å²) in [5.41, 5.74) is 3.45. The lowest BCUT2D eigenvalue weighted by molar-refractivity contribution is -0.384. The third-order valence-electron chi connectivity index (χ3n) is 4.83. The largest absolute Gasteiger partial charge is 0.333 e. The number of non-ortho nitro benzene ring substituents is 1. The van der Waals surface area contributed by atoms with Crippen LogP contribution in [-0.4, -0.2) is 35.9 Å². The Morgan fingerprint density at radius 2 is 1.91 bits per heavy atom. The third-order valence-corrected chi connectivity index (χ3v) is 5.70. The van der Waals surface area contributed by atoms with Crippen molar-refractivity contribution in [2.45, 2.75) is 5.16 Å². The summed E-state index contributed by atoms with van der Waals surface area (Å²) in [7, 11) is 0. The zero-order valence-corrected chi connectivity index (χ0v) is 17.4. The average Bonchev–Trinajstić information content (AvgIpc) is 3.39. The number of H-pyrrole nitrogens is 1. The number of thioether (sulfide) groups is 1. The number of imidazole rings is 2.